The summed E-state index contributed by atoms with van der Waals surface area (Å²) in [6.07, 6.45) is 2.36. The highest BCUT2D eigenvalue weighted by molar-refractivity contribution is 7.92. The topological polar surface area (TPSA) is 104 Å². The van der Waals surface area contributed by atoms with E-state index in [1.807, 2.05) is 12.1 Å². The first-order chi connectivity index (χ1) is 14.9. The molecule has 0 atom stereocenters. The van der Waals surface area contributed by atoms with Gasteiger partial charge in [-0.3, -0.25) is 9.52 Å². The Labute approximate surface area is 181 Å². The molecule has 0 spiro atoms. The van der Waals surface area contributed by atoms with Crippen LogP contribution in [-0.2, 0) is 14.8 Å². The van der Waals surface area contributed by atoms with Gasteiger partial charge in [-0.2, -0.15) is 0 Å². The average Bonchev–Trinajstić information content (AvgIpc) is 3.29. The summed E-state index contributed by atoms with van der Waals surface area (Å²) >= 11 is 0. The molecule has 4 rings (SSSR count). The molecule has 1 saturated heterocycles. The number of anilines is 3. The molecule has 0 radical (unpaired) electrons. The van der Waals surface area contributed by atoms with Crippen LogP contribution in [0.3, 0.4) is 0 Å². The molecule has 2 heterocycles. The molecule has 2 aromatic carbocycles. The number of amides is 1. The normalized spacial score (nSPS) is 13.8. The molecule has 2 N–H and O–H groups in total. The highest BCUT2D eigenvalue weighted by Gasteiger charge is 2.16. The van der Waals surface area contributed by atoms with Crippen LogP contribution >= 0.6 is 0 Å². The minimum Gasteiger partial charge on any atom is -0.355 e. The maximum atomic E-state index is 12.6. The molecule has 1 aromatic heterocycles. The summed E-state index contributed by atoms with van der Waals surface area (Å²) in [4.78, 5) is 13.4. The lowest BCUT2D eigenvalue weighted by atomic mass is 10.1. The SMILES string of the molecule is CC(=O)Nc1ccc(S(=O)(=O)Nc2ccc(-c3ccc(N4CCCC4)nn3)cc2)cc1. The van der Waals surface area contributed by atoms with Crippen molar-refractivity contribution in [1.82, 2.24) is 10.2 Å². The number of hydrogen-bond donors (Lipinski definition) is 2. The minimum absolute atomic E-state index is 0.106. The summed E-state index contributed by atoms with van der Waals surface area (Å²) < 4.78 is 27.8. The number of hydrogen-bond acceptors (Lipinski definition) is 6. The van der Waals surface area contributed by atoms with E-state index in [4.69, 9.17) is 0 Å². The van der Waals surface area contributed by atoms with E-state index in [1.165, 1.54) is 31.9 Å². The Morgan fingerprint density at radius 2 is 1.52 bits per heavy atom. The molecule has 1 amide bonds. The van der Waals surface area contributed by atoms with Crippen LogP contribution in [0.5, 0.6) is 0 Å². The lowest BCUT2D eigenvalue weighted by Gasteiger charge is -2.15. The van der Waals surface area contributed by atoms with Crippen molar-refractivity contribution in [2.24, 2.45) is 0 Å². The number of carbonyl (C=O) groups is 1. The van der Waals surface area contributed by atoms with E-state index in [2.05, 4.69) is 25.1 Å². The lowest BCUT2D eigenvalue weighted by molar-refractivity contribution is -0.114. The summed E-state index contributed by atoms with van der Waals surface area (Å²) in [5.74, 6) is 0.666. The van der Waals surface area contributed by atoms with Crippen molar-refractivity contribution in [3.63, 3.8) is 0 Å². The molecule has 3 aromatic rings. The number of sulfonamides is 1. The largest absolute Gasteiger partial charge is 0.355 e. The van der Waals surface area contributed by atoms with E-state index >= 15 is 0 Å². The Balaban J connectivity index is 1.44. The molecule has 31 heavy (non-hydrogen) atoms. The predicted molar refractivity (Wildman–Crippen MR) is 120 cm³/mol. The van der Waals surface area contributed by atoms with Crippen LogP contribution in [0.1, 0.15) is 19.8 Å². The van der Waals surface area contributed by atoms with Crippen molar-refractivity contribution in [2.75, 3.05) is 28.0 Å². The van der Waals surface area contributed by atoms with Gasteiger partial charge in [0.25, 0.3) is 10.0 Å². The molecule has 0 unspecified atom stereocenters. The van der Waals surface area contributed by atoms with Gasteiger partial charge < -0.3 is 10.2 Å². The van der Waals surface area contributed by atoms with Gasteiger partial charge in [0.1, 0.15) is 0 Å². The van der Waals surface area contributed by atoms with E-state index in [9.17, 15) is 13.2 Å². The van der Waals surface area contributed by atoms with Crippen LogP contribution in [0.15, 0.2) is 65.6 Å². The molecule has 160 valence electrons. The fourth-order valence-corrected chi connectivity index (χ4v) is 4.50. The van der Waals surface area contributed by atoms with Crippen LogP contribution < -0.4 is 14.9 Å². The molecule has 1 aliphatic heterocycles. The number of aromatic nitrogens is 2. The van der Waals surface area contributed by atoms with Gasteiger partial charge in [0.2, 0.25) is 5.91 Å². The fraction of sp³-hybridized carbons (Fsp3) is 0.227. The molecule has 9 heteroatoms. The lowest BCUT2D eigenvalue weighted by Crippen LogP contribution is -2.19. The Morgan fingerprint density at radius 3 is 2.10 bits per heavy atom. The van der Waals surface area contributed by atoms with E-state index in [-0.39, 0.29) is 10.8 Å². The van der Waals surface area contributed by atoms with Gasteiger partial charge in [-0.15, -0.1) is 10.2 Å². The third kappa shape index (κ3) is 5.00. The summed E-state index contributed by atoms with van der Waals surface area (Å²) in [6, 6.07) is 16.9. The molecule has 0 bridgehead atoms. The Hall–Kier alpha value is -3.46. The first-order valence-electron chi connectivity index (χ1n) is 10.0. The zero-order valence-electron chi connectivity index (χ0n) is 17.1. The van der Waals surface area contributed by atoms with Crippen LogP contribution in [-0.4, -0.2) is 37.6 Å². The van der Waals surface area contributed by atoms with Gasteiger partial charge in [-0.05, 0) is 61.4 Å². The van der Waals surface area contributed by atoms with Crippen molar-refractivity contribution >= 4 is 33.1 Å². The fourth-order valence-electron chi connectivity index (χ4n) is 3.44. The molecule has 1 aliphatic rings. The second-order valence-electron chi connectivity index (χ2n) is 7.36. The van der Waals surface area contributed by atoms with Crippen LogP contribution in [0, 0.1) is 0 Å². The highest BCUT2D eigenvalue weighted by Crippen LogP contribution is 2.24. The second kappa shape index (κ2) is 8.73. The van der Waals surface area contributed by atoms with E-state index in [0.717, 1.165) is 30.2 Å². The molecule has 0 saturated carbocycles. The third-order valence-electron chi connectivity index (χ3n) is 5.00. The summed E-state index contributed by atoms with van der Waals surface area (Å²) in [5, 5.41) is 11.2. The Morgan fingerprint density at radius 1 is 0.871 bits per heavy atom. The van der Waals surface area contributed by atoms with Crippen molar-refractivity contribution in [3.8, 4) is 11.3 Å². The Kier molecular flexibility index (Phi) is 5.85. The van der Waals surface area contributed by atoms with Crippen LogP contribution in [0.2, 0.25) is 0 Å². The van der Waals surface area contributed by atoms with E-state index in [1.54, 1.807) is 36.4 Å². The third-order valence-corrected chi connectivity index (χ3v) is 6.40. The number of benzene rings is 2. The molecular weight excluding hydrogens is 414 g/mol. The van der Waals surface area contributed by atoms with Crippen LogP contribution in [0.25, 0.3) is 11.3 Å². The van der Waals surface area contributed by atoms with Gasteiger partial charge in [-0.1, -0.05) is 12.1 Å². The summed E-state index contributed by atoms with van der Waals surface area (Å²) in [5.41, 5.74) is 2.55. The highest BCUT2D eigenvalue weighted by atomic mass is 32.2. The van der Waals surface area contributed by atoms with Crippen molar-refractivity contribution < 1.29 is 13.2 Å². The van der Waals surface area contributed by atoms with Gasteiger partial charge >= 0.3 is 0 Å². The first kappa shape index (κ1) is 20.8. The summed E-state index contributed by atoms with van der Waals surface area (Å²) in [7, 11) is -3.75. The first-order valence-corrected chi connectivity index (χ1v) is 11.5. The maximum Gasteiger partial charge on any atom is 0.261 e. The number of rotatable bonds is 6. The molecule has 8 nitrogen and oxygen atoms in total. The maximum absolute atomic E-state index is 12.6. The standard InChI is InChI=1S/C22H23N5O3S/c1-16(28)23-18-8-10-20(11-9-18)31(29,30)26-19-6-4-17(5-7-19)21-12-13-22(25-24-21)27-14-2-3-15-27/h4-13,26H,2-3,14-15H2,1H3,(H,23,28). The van der Waals surface area contributed by atoms with Gasteiger partial charge in [0.15, 0.2) is 5.82 Å². The van der Waals surface area contributed by atoms with Gasteiger partial charge in [0, 0.05) is 37.0 Å². The minimum atomic E-state index is -3.75. The molecular formula is C22H23N5O3S. The van der Waals surface area contributed by atoms with Gasteiger partial charge in [-0.25, -0.2) is 8.42 Å². The van der Waals surface area contributed by atoms with Crippen molar-refractivity contribution in [3.05, 3.63) is 60.7 Å². The van der Waals surface area contributed by atoms with Crippen molar-refractivity contribution in [1.29, 1.82) is 0 Å². The quantitative estimate of drug-likeness (QED) is 0.612. The molecule has 1 fully saturated rings. The predicted octanol–water partition coefficient (Wildman–Crippen LogP) is 3.50. The Bertz CT molecular complexity index is 1160. The average molecular weight is 438 g/mol. The number of nitrogens with zero attached hydrogens (tertiary/aromatic N) is 3. The van der Waals surface area contributed by atoms with E-state index < -0.39 is 10.0 Å². The molecule has 0 aliphatic carbocycles. The summed E-state index contributed by atoms with van der Waals surface area (Å²) in [6.45, 7) is 3.42. The number of nitrogens with one attached hydrogen (secondary N) is 2. The zero-order chi connectivity index (χ0) is 21.8. The van der Waals surface area contributed by atoms with E-state index in [0.29, 0.717) is 11.4 Å². The zero-order valence-corrected chi connectivity index (χ0v) is 17.9. The smallest absolute Gasteiger partial charge is 0.261 e. The monoisotopic (exact) mass is 437 g/mol. The van der Waals surface area contributed by atoms with Crippen LogP contribution in [0.4, 0.5) is 17.2 Å². The van der Waals surface area contributed by atoms with Crippen molar-refractivity contribution in [2.45, 2.75) is 24.7 Å². The number of carbonyl (C=O) groups excluding carboxylic acids is 1. The second-order valence-corrected chi connectivity index (χ2v) is 9.04. The van der Waals surface area contributed by atoms with Gasteiger partial charge in [0.05, 0.1) is 10.6 Å².